The van der Waals surface area contributed by atoms with Crippen molar-refractivity contribution in [1.29, 1.82) is 0 Å². The monoisotopic (exact) mass is 529 g/mol. The third-order valence-corrected chi connectivity index (χ3v) is 7.00. The van der Waals surface area contributed by atoms with Crippen LogP contribution in [-0.2, 0) is 6.42 Å². The highest BCUT2D eigenvalue weighted by molar-refractivity contribution is 7.99. The Hall–Kier alpha value is -4.95. The highest BCUT2D eigenvalue weighted by atomic mass is 32.2. The summed E-state index contributed by atoms with van der Waals surface area (Å²) in [4.78, 5) is 12.2. The first kappa shape index (κ1) is 24.4. The molecule has 6 rings (SSSR count). The molecule has 0 bridgehead atoms. The molecule has 0 fully saturated rings. The zero-order chi connectivity index (χ0) is 26.4. The van der Waals surface area contributed by atoms with Crippen LogP contribution in [0.15, 0.2) is 135 Å². The third-order valence-electron chi connectivity index (χ3n) is 6.13. The van der Waals surface area contributed by atoms with E-state index in [-0.39, 0.29) is 5.91 Å². The molecule has 8 heteroatoms. The first-order valence-electron chi connectivity index (χ1n) is 12.4. The Labute approximate surface area is 229 Å². The van der Waals surface area contributed by atoms with Crippen LogP contribution in [0.5, 0.6) is 0 Å². The SMILES string of the molecule is O=C(N/N=C\c1ccc(Sc2nnc(Cc3cccc4ccccc34)n2-c2ccccc2)o1)c1ccccc1. The van der Waals surface area contributed by atoms with Gasteiger partial charge in [0, 0.05) is 17.7 Å². The van der Waals surface area contributed by atoms with Gasteiger partial charge in [0.05, 0.1) is 6.21 Å². The van der Waals surface area contributed by atoms with E-state index in [1.54, 1.807) is 30.3 Å². The maximum Gasteiger partial charge on any atom is 0.271 e. The average Bonchev–Trinajstić information content (AvgIpc) is 3.60. The summed E-state index contributed by atoms with van der Waals surface area (Å²) in [7, 11) is 0. The lowest BCUT2D eigenvalue weighted by Crippen LogP contribution is -2.17. The van der Waals surface area contributed by atoms with E-state index in [0.29, 0.717) is 28.0 Å². The van der Waals surface area contributed by atoms with Gasteiger partial charge < -0.3 is 4.42 Å². The van der Waals surface area contributed by atoms with Crippen LogP contribution in [0.25, 0.3) is 16.5 Å². The van der Waals surface area contributed by atoms with Gasteiger partial charge in [-0.05, 0) is 64.5 Å². The number of para-hydroxylation sites is 1. The number of hydrogen-bond donors (Lipinski definition) is 1. The molecule has 4 aromatic carbocycles. The minimum atomic E-state index is -0.289. The molecule has 0 unspecified atom stereocenters. The van der Waals surface area contributed by atoms with Gasteiger partial charge in [0.2, 0.25) is 5.16 Å². The van der Waals surface area contributed by atoms with Gasteiger partial charge >= 0.3 is 0 Å². The van der Waals surface area contributed by atoms with Crippen molar-refractivity contribution in [3.05, 3.63) is 138 Å². The average molecular weight is 530 g/mol. The largest absolute Gasteiger partial charge is 0.448 e. The molecule has 6 aromatic rings. The lowest BCUT2D eigenvalue weighted by atomic mass is 10.0. The summed E-state index contributed by atoms with van der Waals surface area (Å²) >= 11 is 1.38. The van der Waals surface area contributed by atoms with Crippen LogP contribution in [0.1, 0.15) is 27.5 Å². The van der Waals surface area contributed by atoms with E-state index in [9.17, 15) is 4.79 Å². The van der Waals surface area contributed by atoms with Crippen LogP contribution < -0.4 is 5.43 Å². The molecular weight excluding hydrogens is 506 g/mol. The second-order valence-electron chi connectivity index (χ2n) is 8.71. The molecule has 0 radical (unpaired) electrons. The van der Waals surface area contributed by atoms with E-state index in [2.05, 4.69) is 61.7 Å². The molecule has 0 aliphatic heterocycles. The molecule has 0 saturated heterocycles. The maximum atomic E-state index is 12.2. The van der Waals surface area contributed by atoms with E-state index < -0.39 is 0 Å². The number of rotatable bonds is 8. The number of carbonyl (C=O) groups is 1. The number of nitrogens with zero attached hydrogens (tertiary/aromatic N) is 4. The highest BCUT2D eigenvalue weighted by Gasteiger charge is 2.18. The highest BCUT2D eigenvalue weighted by Crippen LogP contribution is 2.31. The fourth-order valence-electron chi connectivity index (χ4n) is 4.29. The van der Waals surface area contributed by atoms with Crippen LogP contribution in [-0.4, -0.2) is 26.9 Å². The van der Waals surface area contributed by atoms with E-state index in [1.165, 1.54) is 34.3 Å². The Kier molecular flexibility index (Phi) is 7.01. The molecule has 0 spiro atoms. The summed E-state index contributed by atoms with van der Waals surface area (Å²) in [6.45, 7) is 0. The molecule has 7 nitrogen and oxygen atoms in total. The van der Waals surface area contributed by atoms with Crippen LogP contribution >= 0.6 is 11.8 Å². The Balaban J connectivity index is 1.24. The van der Waals surface area contributed by atoms with Crippen molar-refractivity contribution in [3.8, 4) is 5.69 Å². The van der Waals surface area contributed by atoms with Crippen LogP contribution in [0.3, 0.4) is 0 Å². The topological polar surface area (TPSA) is 85.3 Å². The number of carbonyl (C=O) groups excluding carboxylic acids is 1. The Morgan fingerprint density at radius 3 is 2.44 bits per heavy atom. The van der Waals surface area contributed by atoms with E-state index in [1.807, 2.05) is 48.5 Å². The minimum Gasteiger partial charge on any atom is -0.448 e. The molecule has 2 heterocycles. The zero-order valence-electron chi connectivity index (χ0n) is 20.8. The summed E-state index contributed by atoms with van der Waals surface area (Å²) < 4.78 is 7.99. The standard InChI is InChI=1S/C31H23N5O2S/c37-30(23-11-3-1-4-12-23)34-32-21-26-18-19-29(38-26)39-31-35-33-28(36(31)25-15-5-2-6-16-25)20-24-14-9-13-22-10-7-8-17-27(22)24/h1-19,21H,20H2,(H,34,37)/b32-21-. The Bertz CT molecular complexity index is 1760. The smallest absolute Gasteiger partial charge is 0.271 e. The lowest BCUT2D eigenvalue weighted by Gasteiger charge is -2.11. The van der Waals surface area contributed by atoms with Gasteiger partial charge in [-0.2, -0.15) is 5.10 Å². The molecule has 0 aliphatic rings. The maximum absolute atomic E-state index is 12.2. The van der Waals surface area contributed by atoms with Gasteiger partial charge in [-0.25, -0.2) is 5.43 Å². The Morgan fingerprint density at radius 1 is 0.846 bits per heavy atom. The number of hydrazone groups is 1. The fraction of sp³-hybridized carbons (Fsp3) is 0.0323. The molecular formula is C31H23N5O2S. The van der Waals surface area contributed by atoms with Gasteiger partial charge in [-0.1, -0.05) is 78.9 Å². The first-order chi connectivity index (χ1) is 19.2. The van der Waals surface area contributed by atoms with Crippen molar-refractivity contribution in [3.63, 3.8) is 0 Å². The summed E-state index contributed by atoms with van der Waals surface area (Å²) in [5, 5.41) is 16.8. The second-order valence-corrected chi connectivity index (χ2v) is 9.68. The summed E-state index contributed by atoms with van der Waals surface area (Å²) in [5.74, 6) is 1.05. The van der Waals surface area contributed by atoms with Crippen LogP contribution in [0.4, 0.5) is 0 Å². The zero-order valence-corrected chi connectivity index (χ0v) is 21.6. The molecule has 39 heavy (non-hydrogen) atoms. The summed E-state index contributed by atoms with van der Waals surface area (Å²) in [5.41, 5.74) is 5.20. The molecule has 0 saturated carbocycles. The van der Waals surface area contributed by atoms with Crippen molar-refractivity contribution in [2.24, 2.45) is 5.10 Å². The quantitative estimate of drug-likeness (QED) is 0.179. The first-order valence-corrected chi connectivity index (χ1v) is 13.2. The summed E-state index contributed by atoms with van der Waals surface area (Å²) in [6, 6.07) is 37.3. The van der Waals surface area contributed by atoms with Crippen molar-refractivity contribution in [2.75, 3.05) is 0 Å². The predicted octanol–water partition coefficient (Wildman–Crippen LogP) is 6.52. The molecule has 1 amide bonds. The lowest BCUT2D eigenvalue weighted by molar-refractivity contribution is 0.0955. The van der Waals surface area contributed by atoms with Gasteiger partial charge in [-0.3, -0.25) is 9.36 Å². The van der Waals surface area contributed by atoms with Crippen LogP contribution in [0, 0.1) is 0 Å². The predicted molar refractivity (Wildman–Crippen MR) is 152 cm³/mol. The number of fused-ring (bicyclic) bond motifs is 1. The van der Waals surface area contributed by atoms with Crippen LogP contribution in [0.2, 0.25) is 0 Å². The van der Waals surface area contributed by atoms with E-state index in [4.69, 9.17) is 4.42 Å². The van der Waals surface area contributed by atoms with Crippen molar-refractivity contribution in [1.82, 2.24) is 20.2 Å². The van der Waals surface area contributed by atoms with Gasteiger partial charge in [0.25, 0.3) is 5.91 Å². The van der Waals surface area contributed by atoms with E-state index in [0.717, 1.165) is 11.5 Å². The van der Waals surface area contributed by atoms with E-state index >= 15 is 0 Å². The minimum absolute atomic E-state index is 0.289. The Morgan fingerprint density at radius 2 is 1.59 bits per heavy atom. The number of amides is 1. The number of furan rings is 1. The van der Waals surface area contributed by atoms with Gasteiger partial charge in [0.1, 0.15) is 11.6 Å². The van der Waals surface area contributed by atoms with Crippen molar-refractivity contribution in [2.45, 2.75) is 16.7 Å². The number of aromatic nitrogens is 3. The second kappa shape index (κ2) is 11.2. The normalized spacial score (nSPS) is 11.3. The number of nitrogens with one attached hydrogen (secondary N) is 1. The molecule has 1 N–H and O–H groups in total. The molecule has 0 atom stereocenters. The fourth-order valence-corrected chi connectivity index (χ4v) is 5.13. The van der Waals surface area contributed by atoms with Gasteiger partial charge in [0.15, 0.2) is 5.09 Å². The number of hydrogen-bond acceptors (Lipinski definition) is 6. The molecule has 0 aliphatic carbocycles. The summed E-state index contributed by atoms with van der Waals surface area (Å²) in [6.07, 6.45) is 2.10. The van der Waals surface area contributed by atoms with Gasteiger partial charge in [-0.15, -0.1) is 10.2 Å². The molecule has 2 aromatic heterocycles. The van der Waals surface area contributed by atoms with Crippen molar-refractivity contribution < 1.29 is 9.21 Å². The number of benzene rings is 4. The van der Waals surface area contributed by atoms with Crippen molar-refractivity contribution >= 4 is 34.7 Å². The molecule has 190 valence electrons. The third kappa shape index (κ3) is 5.51.